The highest BCUT2D eigenvalue weighted by atomic mass is 16.4. The molecule has 0 aliphatic carbocycles. The lowest BCUT2D eigenvalue weighted by atomic mass is 10.3. The highest BCUT2D eigenvalue weighted by Crippen LogP contribution is 1.99. The molecule has 48 valence electrons. The number of oxime groups is 1. The van der Waals surface area contributed by atoms with E-state index in [-0.39, 0.29) is 0 Å². The third-order valence-electron chi connectivity index (χ3n) is 1.18. The van der Waals surface area contributed by atoms with Crippen LogP contribution in [-0.2, 0) is 0 Å². The van der Waals surface area contributed by atoms with Gasteiger partial charge in [-0.15, -0.1) is 0 Å². The molecule has 1 aromatic rings. The van der Waals surface area contributed by atoms with Gasteiger partial charge in [0.25, 0.3) is 0 Å². The Morgan fingerprint density at radius 3 is 3.00 bits per heavy atom. The number of hydrogen-bond acceptors (Lipinski definition) is 2. The van der Waals surface area contributed by atoms with Gasteiger partial charge in [0, 0.05) is 6.20 Å². The number of aromatic nitrogens is 1. The van der Waals surface area contributed by atoms with Crippen molar-refractivity contribution in [2.24, 2.45) is 5.16 Å². The van der Waals surface area contributed by atoms with E-state index in [1.807, 2.05) is 13.0 Å². The normalized spacial score (nSPS) is 10.8. The summed E-state index contributed by atoms with van der Waals surface area (Å²) in [6, 6.07) is 1.91. The third kappa shape index (κ3) is 1.10. The topological polar surface area (TPSA) is 48.4 Å². The Balaban J connectivity index is 2.94. The average molecular weight is 124 g/mol. The number of nitrogens with zero attached hydrogens (tertiary/aromatic N) is 1. The van der Waals surface area contributed by atoms with Crippen LogP contribution in [0, 0.1) is 6.92 Å². The molecule has 1 aromatic heterocycles. The maximum Gasteiger partial charge on any atom is 0.0898 e. The Morgan fingerprint density at radius 1 is 1.78 bits per heavy atom. The number of aryl methyl sites for hydroxylation is 1. The fourth-order valence-corrected chi connectivity index (χ4v) is 0.657. The molecule has 1 rings (SSSR count). The number of rotatable bonds is 1. The Hall–Kier alpha value is -1.25. The van der Waals surface area contributed by atoms with Crippen LogP contribution >= 0.6 is 0 Å². The first-order chi connectivity index (χ1) is 4.34. The Kier molecular flexibility index (Phi) is 1.53. The van der Waals surface area contributed by atoms with Gasteiger partial charge in [-0.1, -0.05) is 5.16 Å². The van der Waals surface area contributed by atoms with Crippen LogP contribution in [0.2, 0.25) is 0 Å². The van der Waals surface area contributed by atoms with Gasteiger partial charge in [-0.3, -0.25) is 0 Å². The van der Waals surface area contributed by atoms with Crippen molar-refractivity contribution < 1.29 is 5.21 Å². The van der Waals surface area contributed by atoms with Gasteiger partial charge in [-0.25, -0.2) is 0 Å². The number of nitrogens with one attached hydrogen (secondary N) is 1. The molecular weight excluding hydrogens is 116 g/mol. The Morgan fingerprint density at radius 2 is 2.56 bits per heavy atom. The molecule has 0 saturated heterocycles. The van der Waals surface area contributed by atoms with Crippen molar-refractivity contribution in [2.45, 2.75) is 6.92 Å². The number of H-pyrrole nitrogens is 1. The summed E-state index contributed by atoms with van der Waals surface area (Å²) < 4.78 is 0. The first kappa shape index (κ1) is 5.88. The van der Waals surface area contributed by atoms with Gasteiger partial charge >= 0.3 is 0 Å². The minimum atomic E-state index is 0.845. The van der Waals surface area contributed by atoms with Crippen molar-refractivity contribution >= 4 is 6.21 Å². The second-order valence-electron chi connectivity index (χ2n) is 1.82. The molecule has 0 saturated carbocycles. The zero-order chi connectivity index (χ0) is 6.69. The minimum Gasteiger partial charge on any atom is -0.411 e. The van der Waals surface area contributed by atoms with Crippen molar-refractivity contribution in [1.29, 1.82) is 0 Å². The molecule has 0 bridgehead atoms. The van der Waals surface area contributed by atoms with E-state index < -0.39 is 0 Å². The van der Waals surface area contributed by atoms with Crippen LogP contribution in [0.5, 0.6) is 0 Å². The number of hydrogen-bond donors (Lipinski definition) is 2. The molecule has 0 amide bonds. The molecule has 2 N–H and O–H groups in total. The standard InChI is InChI=1S/C6H8N2O/c1-5-2-3-7-6(5)4-8-9/h2-4,7,9H,1H3/b8-4+. The summed E-state index contributed by atoms with van der Waals surface area (Å²) in [4.78, 5) is 2.90. The zero-order valence-electron chi connectivity index (χ0n) is 5.13. The molecule has 0 radical (unpaired) electrons. The molecule has 0 aliphatic rings. The summed E-state index contributed by atoms with van der Waals surface area (Å²) in [6.45, 7) is 1.94. The zero-order valence-corrected chi connectivity index (χ0v) is 5.13. The molecule has 0 fully saturated rings. The Labute approximate surface area is 53.0 Å². The maximum atomic E-state index is 8.11. The second-order valence-corrected chi connectivity index (χ2v) is 1.82. The lowest BCUT2D eigenvalue weighted by molar-refractivity contribution is 0.321. The van der Waals surface area contributed by atoms with Crippen molar-refractivity contribution in [1.82, 2.24) is 4.98 Å². The molecule has 3 heteroatoms. The fourth-order valence-electron chi connectivity index (χ4n) is 0.657. The molecule has 0 aliphatic heterocycles. The highest BCUT2D eigenvalue weighted by molar-refractivity contribution is 5.78. The first-order valence-electron chi connectivity index (χ1n) is 2.66. The van der Waals surface area contributed by atoms with Crippen molar-refractivity contribution in [3.05, 3.63) is 23.5 Å². The predicted octanol–water partition coefficient (Wildman–Crippen LogP) is 1.13. The monoisotopic (exact) mass is 124 g/mol. The predicted molar refractivity (Wildman–Crippen MR) is 34.9 cm³/mol. The molecule has 0 unspecified atom stereocenters. The maximum absolute atomic E-state index is 8.11. The average Bonchev–Trinajstić information content (AvgIpc) is 2.18. The van der Waals surface area contributed by atoms with E-state index in [0.29, 0.717) is 0 Å². The van der Waals surface area contributed by atoms with Crippen LogP contribution in [0.15, 0.2) is 17.4 Å². The van der Waals surface area contributed by atoms with Crippen LogP contribution < -0.4 is 0 Å². The summed E-state index contributed by atoms with van der Waals surface area (Å²) in [5, 5.41) is 11.0. The van der Waals surface area contributed by atoms with Crippen LogP contribution in [-0.4, -0.2) is 16.4 Å². The van der Waals surface area contributed by atoms with E-state index in [1.54, 1.807) is 6.20 Å². The molecule has 3 nitrogen and oxygen atoms in total. The van der Waals surface area contributed by atoms with E-state index in [0.717, 1.165) is 11.3 Å². The van der Waals surface area contributed by atoms with Crippen LogP contribution in [0.4, 0.5) is 0 Å². The SMILES string of the molecule is Cc1cc[nH]c1/C=N/O. The molecule has 0 spiro atoms. The molecule has 1 heterocycles. The molecule has 9 heavy (non-hydrogen) atoms. The van der Waals surface area contributed by atoms with Crippen molar-refractivity contribution in [2.75, 3.05) is 0 Å². The second kappa shape index (κ2) is 2.35. The summed E-state index contributed by atoms with van der Waals surface area (Å²) in [5.41, 5.74) is 1.92. The van der Waals surface area contributed by atoms with E-state index in [4.69, 9.17) is 5.21 Å². The third-order valence-corrected chi connectivity index (χ3v) is 1.18. The van der Waals surface area contributed by atoms with Crippen LogP contribution in [0.25, 0.3) is 0 Å². The first-order valence-corrected chi connectivity index (χ1v) is 2.66. The van der Waals surface area contributed by atoms with Gasteiger partial charge in [0.2, 0.25) is 0 Å². The Bertz CT molecular complexity index is 215. The van der Waals surface area contributed by atoms with E-state index in [9.17, 15) is 0 Å². The summed E-state index contributed by atoms with van der Waals surface area (Å²) >= 11 is 0. The lowest BCUT2D eigenvalue weighted by Gasteiger charge is -1.84. The quantitative estimate of drug-likeness (QED) is 0.329. The molecule has 0 atom stereocenters. The lowest BCUT2D eigenvalue weighted by Crippen LogP contribution is -1.81. The van der Waals surface area contributed by atoms with Gasteiger partial charge in [0.1, 0.15) is 0 Å². The molecule has 0 aromatic carbocycles. The van der Waals surface area contributed by atoms with Gasteiger partial charge < -0.3 is 10.2 Å². The molecular formula is C6H8N2O. The van der Waals surface area contributed by atoms with Crippen LogP contribution in [0.3, 0.4) is 0 Å². The number of aromatic amines is 1. The van der Waals surface area contributed by atoms with E-state index in [1.165, 1.54) is 6.21 Å². The van der Waals surface area contributed by atoms with Gasteiger partial charge in [0.15, 0.2) is 0 Å². The fraction of sp³-hybridized carbons (Fsp3) is 0.167. The smallest absolute Gasteiger partial charge is 0.0898 e. The largest absolute Gasteiger partial charge is 0.411 e. The van der Waals surface area contributed by atoms with E-state index >= 15 is 0 Å². The summed E-state index contributed by atoms with van der Waals surface area (Å²) in [6.07, 6.45) is 3.17. The highest BCUT2D eigenvalue weighted by Gasteiger charge is 1.91. The van der Waals surface area contributed by atoms with Crippen molar-refractivity contribution in [3.63, 3.8) is 0 Å². The minimum absolute atomic E-state index is 0.845. The summed E-state index contributed by atoms with van der Waals surface area (Å²) in [7, 11) is 0. The van der Waals surface area contributed by atoms with Crippen LogP contribution in [0.1, 0.15) is 11.3 Å². The van der Waals surface area contributed by atoms with Gasteiger partial charge in [-0.2, -0.15) is 0 Å². The summed E-state index contributed by atoms with van der Waals surface area (Å²) in [5.74, 6) is 0. The van der Waals surface area contributed by atoms with E-state index in [2.05, 4.69) is 10.1 Å². The van der Waals surface area contributed by atoms with Gasteiger partial charge in [0.05, 0.1) is 11.9 Å². The van der Waals surface area contributed by atoms with Gasteiger partial charge in [-0.05, 0) is 18.6 Å². The van der Waals surface area contributed by atoms with Crippen molar-refractivity contribution in [3.8, 4) is 0 Å².